The molecule has 0 aliphatic rings. The van der Waals surface area contributed by atoms with Crippen LogP contribution in [0, 0.1) is 0 Å². The van der Waals surface area contributed by atoms with Gasteiger partial charge < -0.3 is 19.2 Å². The van der Waals surface area contributed by atoms with Gasteiger partial charge in [0.2, 0.25) is 0 Å². The summed E-state index contributed by atoms with van der Waals surface area (Å²) in [6.45, 7) is 1.50. The topological polar surface area (TPSA) is 77.8 Å². The van der Waals surface area contributed by atoms with E-state index in [1.807, 2.05) is 24.3 Å². The van der Waals surface area contributed by atoms with E-state index in [1.165, 1.54) is 6.92 Å². The van der Waals surface area contributed by atoms with Gasteiger partial charge in [-0.3, -0.25) is 9.59 Å². The number of benzene rings is 3. The maximum absolute atomic E-state index is 13.3. The van der Waals surface area contributed by atoms with Crippen LogP contribution in [0.5, 0.6) is 11.5 Å². The van der Waals surface area contributed by atoms with Crippen molar-refractivity contribution in [3.63, 3.8) is 0 Å². The van der Waals surface area contributed by atoms with E-state index in [2.05, 4.69) is 5.32 Å². The predicted molar refractivity (Wildman–Crippen MR) is 119 cm³/mol. The lowest BCUT2D eigenvalue weighted by atomic mass is 10.0. The number of anilines is 1. The quantitative estimate of drug-likeness (QED) is 0.417. The Hall–Kier alpha value is -4.06. The van der Waals surface area contributed by atoms with Gasteiger partial charge in [0.05, 0.1) is 19.8 Å². The molecule has 3 aromatic carbocycles. The lowest BCUT2D eigenvalue weighted by molar-refractivity contribution is 0.101. The Morgan fingerprint density at radius 2 is 1.48 bits per heavy atom. The minimum absolute atomic E-state index is 0.0346. The number of nitrogens with one attached hydrogen (secondary N) is 1. The SMILES string of the molecule is COc1ccc(-c2oc3ccc(OC)cc3c2C(=O)Nc2ccc(C(C)=O)cc2)cc1. The van der Waals surface area contributed by atoms with Gasteiger partial charge in [0.25, 0.3) is 5.91 Å². The summed E-state index contributed by atoms with van der Waals surface area (Å²) >= 11 is 0. The van der Waals surface area contributed by atoms with Crippen molar-refractivity contribution in [2.45, 2.75) is 6.92 Å². The van der Waals surface area contributed by atoms with Crippen molar-refractivity contribution >= 4 is 28.3 Å². The first-order valence-corrected chi connectivity index (χ1v) is 9.67. The molecule has 0 aliphatic carbocycles. The third kappa shape index (κ3) is 4.00. The molecule has 0 saturated carbocycles. The lowest BCUT2D eigenvalue weighted by Crippen LogP contribution is -2.12. The summed E-state index contributed by atoms with van der Waals surface area (Å²) < 4.78 is 16.6. The van der Waals surface area contributed by atoms with Gasteiger partial charge in [0.15, 0.2) is 5.78 Å². The van der Waals surface area contributed by atoms with Gasteiger partial charge in [-0.05, 0) is 73.7 Å². The van der Waals surface area contributed by atoms with E-state index < -0.39 is 0 Å². The minimum atomic E-state index is -0.326. The third-order valence-corrected chi connectivity index (χ3v) is 5.02. The molecule has 6 nitrogen and oxygen atoms in total. The largest absolute Gasteiger partial charge is 0.497 e. The number of hydrogen-bond donors (Lipinski definition) is 1. The molecule has 4 aromatic rings. The average molecular weight is 415 g/mol. The third-order valence-electron chi connectivity index (χ3n) is 5.02. The Labute approximate surface area is 179 Å². The van der Waals surface area contributed by atoms with Crippen molar-refractivity contribution in [1.29, 1.82) is 0 Å². The van der Waals surface area contributed by atoms with Crippen molar-refractivity contribution < 1.29 is 23.5 Å². The maximum atomic E-state index is 13.3. The van der Waals surface area contributed by atoms with Crippen LogP contribution in [-0.2, 0) is 0 Å². The van der Waals surface area contributed by atoms with Crippen LogP contribution in [0.3, 0.4) is 0 Å². The van der Waals surface area contributed by atoms with Crippen molar-refractivity contribution in [1.82, 2.24) is 0 Å². The van der Waals surface area contributed by atoms with Crippen molar-refractivity contribution in [2.75, 3.05) is 19.5 Å². The molecule has 31 heavy (non-hydrogen) atoms. The molecule has 0 spiro atoms. The van der Waals surface area contributed by atoms with Gasteiger partial charge in [0.1, 0.15) is 22.8 Å². The van der Waals surface area contributed by atoms with Crippen LogP contribution in [0.4, 0.5) is 5.69 Å². The van der Waals surface area contributed by atoms with Crippen molar-refractivity contribution in [3.8, 4) is 22.8 Å². The van der Waals surface area contributed by atoms with Gasteiger partial charge in [-0.1, -0.05) is 0 Å². The number of carbonyl (C=O) groups excluding carboxylic acids is 2. The highest BCUT2D eigenvalue weighted by Crippen LogP contribution is 2.36. The van der Waals surface area contributed by atoms with Crippen LogP contribution in [0.2, 0.25) is 0 Å². The highest BCUT2D eigenvalue weighted by molar-refractivity contribution is 6.16. The lowest BCUT2D eigenvalue weighted by Gasteiger charge is -2.08. The van der Waals surface area contributed by atoms with Crippen LogP contribution >= 0.6 is 0 Å². The molecule has 0 fully saturated rings. The van der Waals surface area contributed by atoms with Gasteiger partial charge in [0, 0.05) is 22.2 Å². The average Bonchev–Trinajstić information content (AvgIpc) is 3.18. The summed E-state index contributed by atoms with van der Waals surface area (Å²) in [5.41, 5.74) is 2.87. The zero-order chi connectivity index (χ0) is 22.0. The smallest absolute Gasteiger partial charge is 0.260 e. The number of methoxy groups -OCH3 is 2. The van der Waals surface area contributed by atoms with Gasteiger partial charge in [-0.2, -0.15) is 0 Å². The molecule has 0 radical (unpaired) electrons. The van der Waals surface area contributed by atoms with E-state index in [1.54, 1.807) is 56.7 Å². The Morgan fingerprint density at radius 3 is 2.10 bits per heavy atom. The molecule has 6 heteroatoms. The molecule has 0 aliphatic heterocycles. The summed E-state index contributed by atoms with van der Waals surface area (Å²) in [5.74, 6) is 1.41. The van der Waals surface area contributed by atoms with Crippen LogP contribution in [-0.4, -0.2) is 25.9 Å². The second kappa shape index (κ2) is 8.36. The Bertz CT molecular complexity index is 1250. The normalized spacial score (nSPS) is 10.7. The number of fused-ring (bicyclic) bond motifs is 1. The number of hydrogen-bond acceptors (Lipinski definition) is 5. The fraction of sp³-hybridized carbons (Fsp3) is 0.120. The summed E-state index contributed by atoms with van der Waals surface area (Å²) in [5, 5.41) is 3.54. The molecule has 1 amide bonds. The first-order chi connectivity index (χ1) is 15.0. The molecule has 0 atom stereocenters. The maximum Gasteiger partial charge on any atom is 0.260 e. The summed E-state index contributed by atoms with van der Waals surface area (Å²) in [6.07, 6.45) is 0. The standard InChI is InChI=1S/C25H21NO5/c1-15(27)16-4-8-18(9-5-16)26-25(28)23-21-14-20(30-3)12-13-22(21)31-24(23)17-6-10-19(29-2)11-7-17/h4-14H,1-3H3,(H,26,28). The molecular formula is C25H21NO5. The summed E-state index contributed by atoms with van der Waals surface area (Å²) in [4.78, 5) is 24.8. The first-order valence-electron chi connectivity index (χ1n) is 9.67. The molecule has 1 aromatic heterocycles. The second-order valence-corrected chi connectivity index (χ2v) is 6.98. The van der Waals surface area contributed by atoms with Gasteiger partial charge in [-0.15, -0.1) is 0 Å². The fourth-order valence-electron chi connectivity index (χ4n) is 3.36. The number of ether oxygens (including phenoxy) is 2. The highest BCUT2D eigenvalue weighted by atomic mass is 16.5. The zero-order valence-corrected chi connectivity index (χ0v) is 17.4. The molecule has 0 bridgehead atoms. The van der Waals surface area contributed by atoms with E-state index in [0.29, 0.717) is 45.0 Å². The Kier molecular flexibility index (Phi) is 5.45. The van der Waals surface area contributed by atoms with Crippen LogP contribution in [0.15, 0.2) is 71.1 Å². The molecule has 1 N–H and O–H groups in total. The number of furan rings is 1. The van der Waals surface area contributed by atoms with E-state index in [9.17, 15) is 9.59 Å². The second-order valence-electron chi connectivity index (χ2n) is 6.98. The van der Waals surface area contributed by atoms with E-state index in [4.69, 9.17) is 13.9 Å². The Morgan fingerprint density at radius 1 is 0.839 bits per heavy atom. The number of carbonyl (C=O) groups is 2. The monoisotopic (exact) mass is 415 g/mol. The number of amides is 1. The van der Waals surface area contributed by atoms with Gasteiger partial charge >= 0.3 is 0 Å². The van der Waals surface area contributed by atoms with E-state index in [-0.39, 0.29) is 11.7 Å². The number of ketones is 1. The van der Waals surface area contributed by atoms with Crippen molar-refractivity contribution in [3.05, 3.63) is 77.9 Å². The highest BCUT2D eigenvalue weighted by Gasteiger charge is 2.23. The summed E-state index contributed by atoms with van der Waals surface area (Å²) in [6, 6.07) is 19.4. The molecular weight excluding hydrogens is 394 g/mol. The summed E-state index contributed by atoms with van der Waals surface area (Å²) in [7, 11) is 3.17. The predicted octanol–water partition coefficient (Wildman–Crippen LogP) is 5.57. The number of rotatable bonds is 6. The zero-order valence-electron chi connectivity index (χ0n) is 17.4. The molecule has 0 unspecified atom stereocenters. The van der Waals surface area contributed by atoms with E-state index >= 15 is 0 Å². The fourth-order valence-corrected chi connectivity index (χ4v) is 3.36. The number of Topliss-reactive ketones (excluding diaryl/α,β-unsaturated/α-hetero) is 1. The molecule has 4 rings (SSSR count). The molecule has 0 saturated heterocycles. The van der Waals surface area contributed by atoms with Crippen molar-refractivity contribution in [2.24, 2.45) is 0 Å². The van der Waals surface area contributed by atoms with E-state index in [0.717, 1.165) is 5.56 Å². The first kappa shape index (κ1) is 20.2. The van der Waals surface area contributed by atoms with Crippen LogP contribution < -0.4 is 14.8 Å². The van der Waals surface area contributed by atoms with Gasteiger partial charge in [-0.25, -0.2) is 0 Å². The minimum Gasteiger partial charge on any atom is -0.497 e. The molecule has 156 valence electrons. The Balaban J connectivity index is 1.79. The molecule has 1 heterocycles. The van der Waals surface area contributed by atoms with Crippen LogP contribution in [0.25, 0.3) is 22.3 Å². The van der Waals surface area contributed by atoms with Crippen LogP contribution in [0.1, 0.15) is 27.6 Å².